The lowest BCUT2D eigenvalue weighted by Crippen LogP contribution is -2.54. The van der Waals surface area contributed by atoms with Crippen LogP contribution in [0.5, 0.6) is 5.75 Å². The van der Waals surface area contributed by atoms with Gasteiger partial charge in [-0.3, -0.25) is 14.6 Å². The van der Waals surface area contributed by atoms with Crippen LogP contribution in [0.25, 0.3) is 0 Å². The molecule has 26 heavy (non-hydrogen) atoms. The van der Waals surface area contributed by atoms with Gasteiger partial charge in [-0.15, -0.1) is 0 Å². The molecule has 4 rings (SSSR count). The Morgan fingerprint density at radius 2 is 1.92 bits per heavy atom. The third-order valence-electron chi connectivity index (χ3n) is 5.30. The topological polar surface area (TPSA) is 76.6 Å². The van der Waals surface area contributed by atoms with Crippen LogP contribution in [0.3, 0.4) is 0 Å². The molecule has 0 amide bonds. The second-order valence-corrected chi connectivity index (χ2v) is 6.99. The molecule has 1 fully saturated rings. The van der Waals surface area contributed by atoms with Crippen molar-refractivity contribution in [3.05, 3.63) is 17.4 Å². The molecule has 9 heteroatoms. The zero-order chi connectivity index (χ0) is 18.6. The number of anilines is 2. The molecule has 0 bridgehead atoms. The molecule has 140 valence electrons. The van der Waals surface area contributed by atoms with Crippen LogP contribution in [-0.4, -0.2) is 80.3 Å². The summed E-state index contributed by atoms with van der Waals surface area (Å²) in [6, 6.07) is 1.17. The fourth-order valence-corrected chi connectivity index (χ4v) is 3.77. The Kier molecular flexibility index (Phi) is 4.00. The van der Waals surface area contributed by atoms with E-state index in [2.05, 4.69) is 4.90 Å². The van der Waals surface area contributed by atoms with E-state index in [9.17, 15) is 19.1 Å². The smallest absolute Gasteiger partial charge is 0.316 e. The molecule has 0 aliphatic carbocycles. The maximum atomic E-state index is 15.0. The van der Waals surface area contributed by atoms with Gasteiger partial charge in [-0.1, -0.05) is 0 Å². The molecule has 3 heterocycles. The van der Waals surface area contributed by atoms with Crippen molar-refractivity contribution >= 4 is 23.1 Å². The Morgan fingerprint density at radius 3 is 2.58 bits per heavy atom. The Morgan fingerprint density at radius 1 is 1.23 bits per heavy atom. The van der Waals surface area contributed by atoms with E-state index in [0.717, 1.165) is 13.1 Å². The minimum absolute atomic E-state index is 0.0157. The van der Waals surface area contributed by atoms with Gasteiger partial charge in [-0.2, -0.15) is 5.01 Å². The Hall–Kier alpha value is -2.39. The van der Waals surface area contributed by atoms with E-state index in [4.69, 9.17) is 4.74 Å². The molecule has 1 N–H and O–H groups in total. The van der Waals surface area contributed by atoms with Crippen LogP contribution in [-0.2, 0) is 4.79 Å². The highest BCUT2D eigenvalue weighted by atomic mass is 19.1. The molecule has 1 aromatic rings. The number of likely N-dealkylation sites (N-methyl/N-ethyl adjacent to an activating group) is 1. The second-order valence-electron chi connectivity index (χ2n) is 6.99. The van der Waals surface area contributed by atoms with E-state index >= 15 is 0 Å². The van der Waals surface area contributed by atoms with Gasteiger partial charge < -0.3 is 19.6 Å². The number of Topliss-reactive ketones (excluding diaryl/α,β-unsaturated/α-hetero) is 1. The van der Waals surface area contributed by atoms with Gasteiger partial charge in [0.05, 0.1) is 12.1 Å². The molecule has 0 spiro atoms. The Labute approximate surface area is 150 Å². The number of hydrazine groups is 1. The van der Waals surface area contributed by atoms with Crippen molar-refractivity contribution in [3.63, 3.8) is 0 Å². The van der Waals surface area contributed by atoms with E-state index in [0.29, 0.717) is 30.2 Å². The fourth-order valence-electron chi connectivity index (χ4n) is 3.77. The minimum Gasteiger partial charge on any atom is -0.481 e. The largest absolute Gasteiger partial charge is 0.481 e. The number of nitrogens with zero attached hydrogens (tertiary/aromatic N) is 4. The van der Waals surface area contributed by atoms with Crippen molar-refractivity contribution in [1.29, 1.82) is 0 Å². The van der Waals surface area contributed by atoms with Gasteiger partial charge in [0.15, 0.2) is 24.1 Å². The number of carbonyl (C=O) groups is 2. The fraction of sp³-hybridized carbons (Fsp3) is 0.529. The van der Waals surface area contributed by atoms with E-state index in [1.807, 2.05) is 11.9 Å². The second kappa shape index (κ2) is 6.10. The summed E-state index contributed by atoms with van der Waals surface area (Å²) >= 11 is 0. The predicted molar refractivity (Wildman–Crippen MR) is 92.2 cm³/mol. The molecule has 1 aromatic carbocycles. The zero-order valence-corrected chi connectivity index (χ0v) is 14.7. The molecular formula is C17H21FN4O4. The molecular weight excluding hydrogens is 343 g/mol. The summed E-state index contributed by atoms with van der Waals surface area (Å²) in [6.45, 7) is 3.10. The van der Waals surface area contributed by atoms with Crippen molar-refractivity contribution in [2.75, 3.05) is 63.5 Å². The molecule has 8 nitrogen and oxygen atoms in total. The van der Waals surface area contributed by atoms with Crippen LogP contribution < -0.4 is 14.6 Å². The first-order valence-electron chi connectivity index (χ1n) is 8.57. The molecule has 3 aliphatic rings. The number of carboxylic acids is 1. The highest BCUT2D eigenvalue weighted by molar-refractivity contribution is 6.14. The normalized spacial score (nSPS) is 23.7. The SMILES string of the molecule is CN1CCN(c2c(F)cc3c4c2OCN(C)N4CC(C(=O)O)C3=O)CC1. The first kappa shape index (κ1) is 17.0. The number of halogens is 1. The zero-order valence-electron chi connectivity index (χ0n) is 14.7. The Balaban J connectivity index is 1.85. The van der Waals surface area contributed by atoms with E-state index in [1.165, 1.54) is 6.07 Å². The van der Waals surface area contributed by atoms with Gasteiger partial charge in [0.1, 0.15) is 17.3 Å². The van der Waals surface area contributed by atoms with Crippen molar-refractivity contribution in [1.82, 2.24) is 9.91 Å². The van der Waals surface area contributed by atoms with Gasteiger partial charge in [-0.25, -0.2) is 4.39 Å². The van der Waals surface area contributed by atoms with Crippen molar-refractivity contribution in [2.45, 2.75) is 0 Å². The third kappa shape index (κ3) is 2.50. The predicted octanol–water partition coefficient (Wildman–Crippen LogP) is 0.478. The standard InChI is InChI=1S/C17H21FN4O4/c1-19-3-5-21(6-4-19)14-12(18)7-10-13-16(14)26-9-20(2)22(13)8-11(15(10)23)17(24)25/h7,11H,3-6,8-9H2,1-2H3,(H,24,25). The summed E-state index contributed by atoms with van der Waals surface area (Å²) in [4.78, 5) is 28.2. The number of rotatable bonds is 2. The number of carbonyl (C=O) groups excluding carboxylic acids is 1. The first-order chi connectivity index (χ1) is 12.4. The lowest BCUT2D eigenvalue weighted by molar-refractivity contribution is -0.140. The van der Waals surface area contributed by atoms with Crippen LogP contribution in [0.15, 0.2) is 6.07 Å². The van der Waals surface area contributed by atoms with Crippen molar-refractivity contribution < 1.29 is 23.8 Å². The van der Waals surface area contributed by atoms with Gasteiger partial charge in [0.2, 0.25) is 0 Å². The first-order valence-corrected chi connectivity index (χ1v) is 8.57. The molecule has 0 aromatic heterocycles. The van der Waals surface area contributed by atoms with Gasteiger partial charge >= 0.3 is 5.97 Å². The molecule has 1 unspecified atom stereocenters. The van der Waals surface area contributed by atoms with Gasteiger partial charge in [-0.05, 0) is 13.1 Å². The Bertz CT molecular complexity index is 779. The number of benzene rings is 1. The lowest BCUT2D eigenvalue weighted by atomic mass is 9.90. The summed E-state index contributed by atoms with van der Waals surface area (Å²) in [5, 5.41) is 12.8. The summed E-state index contributed by atoms with van der Waals surface area (Å²) in [5.74, 6) is -3.21. The quantitative estimate of drug-likeness (QED) is 0.760. The number of piperazine rings is 1. The van der Waals surface area contributed by atoms with Crippen LogP contribution in [0, 0.1) is 11.7 Å². The van der Waals surface area contributed by atoms with Crippen LogP contribution in [0.4, 0.5) is 15.8 Å². The van der Waals surface area contributed by atoms with Crippen molar-refractivity contribution in [2.24, 2.45) is 5.92 Å². The number of hydrogen-bond donors (Lipinski definition) is 1. The number of carboxylic acid groups (broad SMARTS) is 1. The van der Waals surface area contributed by atoms with Crippen LogP contribution >= 0.6 is 0 Å². The number of aliphatic carboxylic acids is 1. The molecule has 0 radical (unpaired) electrons. The summed E-state index contributed by atoms with van der Waals surface area (Å²) in [6.07, 6.45) is 0. The lowest BCUT2D eigenvalue weighted by Gasteiger charge is -2.45. The maximum Gasteiger partial charge on any atom is 0.316 e. The van der Waals surface area contributed by atoms with E-state index in [1.54, 1.807) is 17.1 Å². The van der Waals surface area contributed by atoms with Gasteiger partial charge in [0, 0.05) is 33.2 Å². The van der Waals surface area contributed by atoms with Crippen molar-refractivity contribution in [3.8, 4) is 5.75 Å². The molecule has 3 aliphatic heterocycles. The average molecular weight is 364 g/mol. The monoisotopic (exact) mass is 364 g/mol. The van der Waals surface area contributed by atoms with Crippen LogP contribution in [0.2, 0.25) is 0 Å². The van der Waals surface area contributed by atoms with E-state index in [-0.39, 0.29) is 18.8 Å². The summed E-state index contributed by atoms with van der Waals surface area (Å²) in [7, 11) is 3.77. The van der Waals surface area contributed by atoms with Crippen LogP contribution in [0.1, 0.15) is 10.4 Å². The average Bonchev–Trinajstić information content (AvgIpc) is 2.60. The minimum atomic E-state index is -1.22. The third-order valence-corrected chi connectivity index (χ3v) is 5.30. The molecule has 1 saturated heterocycles. The summed E-state index contributed by atoms with van der Waals surface area (Å²) < 4.78 is 20.8. The maximum absolute atomic E-state index is 15.0. The number of hydrogen-bond acceptors (Lipinski definition) is 7. The van der Waals surface area contributed by atoms with E-state index < -0.39 is 23.5 Å². The molecule has 0 saturated carbocycles. The number of ketones is 1. The number of ether oxygens (including phenoxy) is 1. The molecule has 1 atom stereocenters. The highest BCUT2D eigenvalue weighted by Crippen LogP contribution is 2.48. The highest BCUT2D eigenvalue weighted by Gasteiger charge is 2.44. The summed E-state index contributed by atoms with van der Waals surface area (Å²) in [5.41, 5.74) is 0.897. The van der Waals surface area contributed by atoms with Gasteiger partial charge in [0.25, 0.3) is 0 Å².